The van der Waals surface area contributed by atoms with E-state index in [0.29, 0.717) is 5.69 Å². The third-order valence-electron chi connectivity index (χ3n) is 3.49. The van der Waals surface area contributed by atoms with E-state index in [1.807, 2.05) is 19.1 Å². The van der Waals surface area contributed by atoms with E-state index >= 15 is 0 Å². The predicted octanol–water partition coefficient (Wildman–Crippen LogP) is 2.58. The van der Waals surface area contributed by atoms with Gasteiger partial charge in [-0.05, 0) is 50.2 Å². The van der Waals surface area contributed by atoms with Crippen LogP contribution < -0.4 is 5.32 Å². The predicted molar refractivity (Wildman–Crippen MR) is 94.2 cm³/mol. The molecule has 0 saturated carbocycles. The van der Waals surface area contributed by atoms with Crippen molar-refractivity contribution in [3.05, 3.63) is 59.7 Å². The highest BCUT2D eigenvalue weighted by molar-refractivity contribution is 7.90. The summed E-state index contributed by atoms with van der Waals surface area (Å²) in [5, 5.41) is 2.66. The zero-order chi connectivity index (χ0) is 18.6. The molecule has 0 fully saturated rings. The van der Waals surface area contributed by atoms with Crippen molar-refractivity contribution in [1.82, 2.24) is 0 Å². The van der Waals surface area contributed by atoms with E-state index in [4.69, 9.17) is 4.74 Å². The third-order valence-corrected chi connectivity index (χ3v) is 4.62. The molecule has 1 N–H and O–H groups in total. The second kappa shape index (κ2) is 7.48. The molecule has 0 radical (unpaired) electrons. The first-order valence-corrected chi connectivity index (χ1v) is 9.44. The van der Waals surface area contributed by atoms with Crippen molar-refractivity contribution in [1.29, 1.82) is 0 Å². The van der Waals surface area contributed by atoms with E-state index in [1.54, 1.807) is 12.1 Å². The highest BCUT2D eigenvalue weighted by Crippen LogP contribution is 2.13. The lowest BCUT2D eigenvalue weighted by atomic mass is 10.2. The molecule has 0 aliphatic heterocycles. The van der Waals surface area contributed by atoms with Gasteiger partial charge >= 0.3 is 5.97 Å². The Hall–Kier alpha value is -2.67. The van der Waals surface area contributed by atoms with Crippen LogP contribution in [-0.4, -0.2) is 32.7 Å². The van der Waals surface area contributed by atoms with Gasteiger partial charge in [0.05, 0.1) is 10.5 Å². The Bertz CT molecular complexity index is 871. The molecule has 7 heteroatoms. The molecule has 1 atom stereocenters. The Kier molecular flexibility index (Phi) is 5.58. The Balaban J connectivity index is 1.99. The smallest absolute Gasteiger partial charge is 0.338 e. The number of hydrogen-bond acceptors (Lipinski definition) is 5. The molecule has 0 bridgehead atoms. The van der Waals surface area contributed by atoms with Crippen molar-refractivity contribution in [2.45, 2.75) is 24.8 Å². The van der Waals surface area contributed by atoms with Gasteiger partial charge in [-0.2, -0.15) is 0 Å². The van der Waals surface area contributed by atoms with Crippen LogP contribution in [0.5, 0.6) is 0 Å². The molecule has 1 amide bonds. The number of amides is 1. The SMILES string of the molecule is Cc1ccc(NC(=O)[C@H](C)OC(=O)c2ccc(S(C)(=O)=O)cc2)cc1. The normalized spacial score (nSPS) is 12.3. The number of anilines is 1. The van der Waals surface area contributed by atoms with Gasteiger partial charge in [0.2, 0.25) is 0 Å². The van der Waals surface area contributed by atoms with Crippen LogP contribution in [0.15, 0.2) is 53.4 Å². The number of sulfone groups is 1. The summed E-state index contributed by atoms with van der Waals surface area (Å²) < 4.78 is 27.9. The molecule has 6 nitrogen and oxygen atoms in total. The molecule has 2 aromatic rings. The molecule has 2 rings (SSSR count). The highest BCUT2D eigenvalue weighted by Gasteiger charge is 2.19. The van der Waals surface area contributed by atoms with E-state index in [9.17, 15) is 18.0 Å². The molecular weight excluding hydrogens is 342 g/mol. The van der Waals surface area contributed by atoms with Gasteiger partial charge in [-0.25, -0.2) is 13.2 Å². The van der Waals surface area contributed by atoms with Crippen LogP contribution in [0.1, 0.15) is 22.8 Å². The fraction of sp³-hybridized carbons (Fsp3) is 0.222. The third kappa shape index (κ3) is 5.15. The topological polar surface area (TPSA) is 89.5 Å². The van der Waals surface area contributed by atoms with Gasteiger partial charge in [-0.15, -0.1) is 0 Å². The fourth-order valence-electron chi connectivity index (χ4n) is 2.00. The lowest BCUT2D eigenvalue weighted by Gasteiger charge is -2.14. The molecule has 2 aromatic carbocycles. The van der Waals surface area contributed by atoms with Gasteiger partial charge in [0.1, 0.15) is 0 Å². The van der Waals surface area contributed by atoms with Crippen LogP contribution >= 0.6 is 0 Å². The maximum Gasteiger partial charge on any atom is 0.338 e. The van der Waals surface area contributed by atoms with E-state index in [0.717, 1.165) is 11.8 Å². The summed E-state index contributed by atoms with van der Waals surface area (Å²) in [6.07, 6.45) is 0.0843. The second-order valence-corrected chi connectivity index (χ2v) is 7.72. The number of hydrogen-bond donors (Lipinski definition) is 1. The van der Waals surface area contributed by atoms with Gasteiger partial charge in [-0.3, -0.25) is 4.79 Å². The van der Waals surface area contributed by atoms with Gasteiger partial charge < -0.3 is 10.1 Å². The van der Waals surface area contributed by atoms with E-state index in [-0.39, 0.29) is 10.5 Å². The molecule has 0 unspecified atom stereocenters. The number of rotatable bonds is 5. The maximum absolute atomic E-state index is 12.1. The zero-order valence-corrected chi connectivity index (χ0v) is 15.0. The summed E-state index contributed by atoms with van der Waals surface area (Å²) in [6, 6.07) is 12.6. The first kappa shape index (κ1) is 18.7. The fourth-order valence-corrected chi connectivity index (χ4v) is 2.63. The molecule has 25 heavy (non-hydrogen) atoms. The Morgan fingerprint density at radius 2 is 1.56 bits per heavy atom. The molecule has 0 aliphatic carbocycles. The number of aryl methyl sites for hydroxylation is 1. The monoisotopic (exact) mass is 361 g/mol. The minimum absolute atomic E-state index is 0.106. The number of esters is 1. The maximum atomic E-state index is 12.1. The first-order valence-electron chi connectivity index (χ1n) is 7.55. The summed E-state index contributed by atoms with van der Waals surface area (Å²) in [5.74, 6) is -1.16. The van der Waals surface area contributed by atoms with Crippen LogP contribution in [0.2, 0.25) is 0 Å². The van der Waals surface area contributed by atoms with Crippen LogP contribution in [0.3, 0.4) is 0 Å². The lowest BCUT2D eigenvalue weighted by molar-refractivity contribution is -0.123. The van der Waals surface area contributed by atoms with Crippen molar-refractivity contribution in [3.63, 3.8) is 0 Å². The van der Waals surface area contributed by atoms with Crippen LogP contribution in [0.25, 0.3) is 0 Å². The van der Waals surface area contributed by atoms with Gasteiger partial charge in [0.15, 0.2) is 15.9 Å². The summed E-state index contributed by atoms with van der Waals surface area (Å²) in [6.45, 7) is 3.40. The van der Waals surface area contributed by atoms with Gasteiger partial charge in [0.25, 0.3) is 5.91 Å². The Morgan fingerprint density at radius 1 is 1.00 bits per heavy atom. The molecular formula is C18H19NO5S. The second-order valence-electron chi connectivity index (χ2n) is 5.70. The first-order chi connectivity index (χ1) is 11.7. The molecule has 0 aromatic heterocycles. The van der Waals surface area contributed by atoms with Gasteiger partial charge in [0, 0.05) is 11.9 Å². The van der Waals surface area contributed by atoms with Crippen LogP contribution in [0, 0.1) is 6.92 Å². The average molecular weight is 361 g/mol. The Morgan fingerprint density at radius 3 is 2.08 bits per heavy atom. The summed E-state index contributed by atoms with van der Waals surface area (Å²) >= 11 is 0. The quantitative estimate of drug-likeness (QED) is 0.827. The van der Waals surface area contributed by atoms with E-state index in [1.165, 1.54) is 31.2 Å². The summed E-state index contributed by atoms with van der Waals surface area (Å²) in [4.78, 5) is 24.3. The molecule has 0 spiro atoms. The van der Waals surface area contributed by atoms with Crippen molar-refractivity contribution in [2.24, 2.45) is 0 Å². The minimum Gasteiger partial charge on any atom is -0.449 e. The lowest BCUT2D eigenvalue weighted by Crippen LogP contribution is -2.30. The Labute approximate surface area is 146 Å². The van der Waals surface area contributed by atoms with Gasteiger partial charge in [-0.1, -0.05) is 17.7 Å². The molecule has 132 valence electrons. The number of carbonyl (C=O) groups is 2. The number of ether oxygens (including phenoxy) is 1. The summed E-state index contributed by atoms with van der Waals surface area (Å²) in [5.41, 5.74) is 1.84. The number of benzene rings is 2. The zero-order valence-electron chi connectivity index (χ0n) is 14.1. The standard InChI is InChI=1S/C18H19NO5S/c1-12-4-8-15(9-5-12)19-17(20)13(2)24-18(21)14-6-10-16(11-7-14)25(3,22)23/h4-11,13H,1-3H3,(H,19,20)/t13-/m0/s1. The van der Waals surface area contributed by atoms with Crippen molar-refractivity contribution < 1.29 is 22.7 Å². The number of nitrogens with one attached hydrogen (secondary N) is 1. The van der Waals surface area contributed by atoms with Crippen molar-refractivity contribution in [3.8, 4) is 0 Å². The molecule has 0 heterocycles. The van der Waals surface area contributed by atoms with Crippen LogP contribution in [0.4, 0.5) is 5.69 Å². The van der Waals surface area contributed by atoms with E-state index in [2.05, 4.69) is 5.32 Å². The summed E-state index contributed by atoms with van der Waals surface area (Å²) in [7, 11) is -3.34. The van der Waals surface area contributed by atoms with Crippen LogP contribution in [-0.2, 0) is 19.4 Å². The highest BCUT2D eigenvalue weighted by atomic mass is 32.2. The molecule has 0 aliphatic rings. The van der Waals surface area contributed by atoms with E-state index < -0.39 is 27.8 Å². The van der Waals surface area contributed by atoms with Crippen molar-refractivity contribution in [2.75, 3.05) is 11.6 Å². The molecule has 0 saturated heterocycles. The average Bonchev–Trinajstić information content (AvgIpc) is 2.56. The van der Waals surface area contributed by atoms with Crippen molar-refractivity contribution >= 4 is 27.4 Å². The minimum atomic E-state index is -3.34. The largest absolute Gasteiger partial charge is 0.449 e. The number of carbonyl (C=O) groups excluding carboxylic acids is 2.